The van der Waals surface area contributed by atoms with Gasteiger partial charge >= 0.3 is 0 Å². The van der Waals surface area contributed by atoms with Crippen molar-refractivity contribution in [1.29, 1.82) is 0 Å². The third-order valence-electron chi connectivity index (χ3n) is 3.58. The first-order chi connectivity index (χ1) is 9.22. The molecule has 6 heteroatoms. The predicted octanol–water partition coefficient (Wildman–Crippen LogP) is 1.70. The summed E-state index contributed by atoms with van der Waals surface area (Å²) < 4.78 is 27.4. The largest absolute Gasteiger partial charge is 0.391 e. The van der Waals surface area contributed by atoms with Gasteiger partial charge in [0, 0.05) is 6.04 Å². The Hall–Kier alpha value is -1.11. The van der Waals surface area contributed by atoms with E-state index in [4.69, 9.17) is 0 Å². The SMILES string of the molecule is CC(O)C(C)(C)Nc1ccccc1S(=O)(=O)NC1CC1. The van der Waals surface area contributed by atoms with E-state index in [1.165, 1.54) is 0 Å². The Kier molecular flexibility index (Phi) is 4.09. The van der Waals surface area contributed by atoms with Gasteiger partial charge in [-0.1, -0.05) is 12.1 Å². The highest BCUT2D eigenvalue weighted by Crippen LogP contribution is 2.28. The molecule has 0 aliphatic heterocycles. The lowest BCUT2D eigenvalue weighted by molar-refractivity contribution is 0.133. The number of hydrogen-bond donors (Lipinski definition) is 3. The monoisotopic (exact) mass is 298 g/mol. The highest BCUT2D eigenvalue weighted by molar-refractivity contribution is 7.89. The van der Waals surface area contributed by atoms with Gasteiger partial charge in [0.05, 0.1) is 17.3 Å². The number of aliphatic hydroxyl groups is 1. The molecule has 1 unspecified atom stereocenters. The summed E-state index contributed by atoms with van der Waals surface area (Å²) in [6.07, 6.45) is 1.18. The number of nitrogens with one attached hydrogen (secondary N) is 2. The van der Waals surface area contributed by atoms with Gasteiger partial charge < -0.3 is 10.4 Å². The Bertz CT molecular complexity index is 578. The molecule has 5 nitrogen and oxygen atoms in total. The highest BCUT2D eigenvalue weighted by Gasteiger charge is 2.31. The number of hydrogen-bond acceptors (Lipinski definition) is 4. The smallest absolute Gasteiger partial charge is 0.242 e. The van der Waals surface area contributed by atoms with E-state index in [2.05, 4.69) is 10.0 Å². The van der Waals surface area contributed by atoms with Crippen LogP contribution in [0.3, 0.4) is 0 Å². The van der Waals surface area contributed by atoms with Crippen molar-refractivity contribution in [1.82, 2.24) is 4.72 Å². The molecular formula is C14H22N2O3S. The highest BCUT2D eigenvalue weighted by atomic mass is 32.2. The molecule has 2 rings (SSSR count). The number of para-hydroxylation sites is 1. The molecule has 0 aromatic heterocycles. The summed E-state index contributed by atoms with van der Waals surface area (Å²) in [4.78, 5) is 0.223. The Morgan fingerprint density at radius 1 is 1.30 bits per heavy atom. The Morgan fingerprint density at radius 3 is 2.45 bits per heavy atom. The van der Waals surface area contributed by atoms with Crippen LogP contribution in [0.1, 0.15) is 33.6 Å². The Morgan fingerprint density at radius 2 is 1.90 bits per heavy atom. The van der Waals surface area contributed by atoms with Crippen LogP contribution >= 0.6 is 0 Å². The second-order valence-electron chi connectivity index (χ2n) is 5.91. The summed E-state index contributed by atoms with van der Waals surface area (Å²) in [6, 6.07) is 6.83. The minimum Gasteiger partial charge on any atom is -0.391 e. The van der Waals surface area contributed by atoms with Gasteiger partial charge in [0.15, 0.2) is 0 Å². The fourth-order valence-electron chi connectivity index (χ4n) is 1.74. The van der Waals surface area contributed by atoms with E-state index >= 15 is 0 Å². The van der Waals surface area contributed by atoms with Crippen LogP contribution in [0.4, 0.5) is 5.69 Å². The van der Waals surface area contributed by atoms with Crippen LogP contribution < -0.4 is 10.0 Å². The summed E-state index contributed by atoms with van der Waals surface area (Å²) in [5, 5.41) is 12.9. The average Bonchev–Trinajstić information content (AvgIpc) is 3.12. The molecule has 0 heterocycles. The fourth-order valence-corrected chi connectivity index (χ4v) is 3.21. The van der Waals surface area contributed by atoms with Gasteiger partial charge in [0.1, 0.15) is 4.90 Å². The lowest BCUT2D eigenvalue weighted by Gasteiger charge is -2.31. The molecule has 1 aliphatic rings. The Labute approximate surface area is 120 Å². The summed E-state index contributed by atoms with van der Waals surface area (Å²) in [6.45, 7) is 5.33. The molecule has 1 aliphatic carbocycles. The number of aliphatic hydroxyl groups excluding tert-OH is 1. The van der Waals surface area contributed by atoms with Crippen molar-refractivity contribution in [2.45, 2.75) is 56.2 Å². The second-order valence-corrected chi connectivity index (χ2v) is 7.60. The fraction of sp³-hybridized carbons (Fsp3) is 0.571. The van der Waals surface area contributed by atoms with Crippen molar-refractivity contribution >= 4 is 15.7 Å². The van der Waals surface area contributed by atoms with Gasteiger partial charge in [0.25, 0.3) is 0 Å². The second kappa shape index (κ2) is 5.35. The molecule has 1 saturated carbocycles. The third-order valence-corrected chi connectivity index (χ3v) is 5.16. The van der Waals surface area contributed by atoms with E-state index in [0.29, 0.717) is 5.69 Å². The van der Waals surface area contributed by atoms with Crippen molar-refractivity contribution in [3.8, 4) is 0 Å². The summed E-state index contributed by atoms with van der Waals surface area (Å²) in [5.41, 5.74) is -0.114. The number of sulfonamides is 1. The molecule has 0 amide bonds. The molecular weight excluding hydrogens is 276 g/mol. The maximum Gasteiger partial charge on any atom is 0.242 e. The first-order valence-corrected chi connectivity index (χ1v) is 8.28. The minimum atomic E-state index is -3.52. The minimum absolute atomic E-state index is 0.0674. The molecule has 0 saturated heterocycles. The first kappa shape index (κ1) is 15.3. The maximum absolute atomic E-state index is 12.3. The average molecular weight is 298 g/mol. The zero-order chi connectivity index (χ0) is 15.0. The maximum atomic E-state index is 12.3. The third kappa shape index (κ3) is 3.50. The van der Waals surface area contributed by atoms with Crippen LogP contribution in [0.2, 0.25) is 0 Å². The molecule has 0 bridgehead atoms. The normalized spacial score (nSPS) is 17.8. The predicted molar refractivity (Wildman–Crippen MR) is 79.2 cm³/mol. The topological polar surface area (TPSA) is 78.4 Å². The van der Waals surface area contributed by atoms with Crippen molar-refractivity contribution in [3.63, 3.8) is 0 Å². The van der Waals surface area contributed by atoms with Gasteiger partial charge in [-0.3, -0.25) is 0 Å². The van der Waals surface area contributed by atoms with Gasteiger partial charge in [-0.2, -0.15) is 0 Å². The molecule has 20 heavy (non-hydrogen) atoms. The number of anilines is 1. The lowest BCUT2D eigenvalue weighted by atomic mass is 9.98. The molecule has 3 N–H and O–H groups in total. The van der Waals surface area contributed by atoms with Crippen LogP contribution in [-0.4, -0.2) is 31.2 Å². The Balaban J connectivity index is 2.30. The molecule has 1 fully saturated rings. The van der Waals surface area contributed by atoms with Crippen molar-refractivity contribution in [3.05, 3.63) is 24.3 Å². The molecule has 0 spiro atoms. The summed E-state index contributed by atoms with van der Waals surface area (Å²) in [5.74, 6) is 0. The van der Waals surface area contributed by atoms with E-state index in [1.54, 1.807) is 31.2 Å². The van der Waals surface area contributed by atoms with Gasteiger partial charge in [-0.05, 0) is 45.7 Å². The number of benzene rings is 1. The van der Waals surface area contributed by atoms with E-state index in [-0.39, 0.29) is 10.9 Å². The van der Waals surface area contributed by atoms with Gasteiger partial charge in [0.2, 0.25) is 10.0 Å². The standard InChI is InChI=1S/C14H22N2O3S/c1-10(17)14(2,3)15-12-6-4-5-7-13(12)20(18,19)16-11-8-9-11/h4-7,10-11,15-17H,8-9H2,1-3H3. The summed E-state index contributed by atoms with van der Waals surface area (Å²) in [7, 11) is -3.52. The van der Waals surface area contributed by atoms with Crippen LogP contribution in [0.25, 0.3) is 0 Å². The first-order valence-electron chi connectivity index (χ1n) is 6.80. The van der Waals surface area contributed by atoms with Crippen molar-refractivity contribution in [2.75, 3.05) is 5.32 Å². The molecule has 0 radical (unpaired) electrons. The van der Waals surface area contributed by atoms with Crippen molar-refractivity contribution < 1.29 is 13.5 Å². The van der Waals surface area contributed by atoms with E-state index < -0.39 is 21.7 Å². The quantitative estimate of drug-likeness (QED) is 0.747. The zero-order valence-electron chi connectivity index (χ0n) is 12.1. The van der Waals surface area contributed by atoms with Crippen LogP contribution in [0.5, 0.6) is 0 Å². The van der Waals surface area contributed by atoms with Crippen LogP contribution in [0.15, 0.2) is 29.2 Å². The van der Waals surface area contributed by atoms with Crippen LogP contribution in [0, 0.1) is 0 Å². The molecule has 1 aromatic rings. The summed E-state index contributed by atoms with van der Waals surface area (Å²) >= 11 is 0. The van der Waals surface area contributed by atoms with Crippen LogP contribution in [-0.2, 0) is 10.0 Å². The number of rotatable bonds is 6. The van der Waals surface area contributed by atoms with Gasteiger partial charge in [-0.15, -0.1) is 0 Å². The van der Waals surface area contributed by atoms with E-state index in [9.17, 15) is 13.5 Å². The lowest BCUT2D eigenvalue weighted by Crippen LogP contribution is -2.42. The molecule has 112 valence electrons. The van der Waals surface area contributed by atoms with E-state index in [0.717, 1.165) is 12.8 Å². The van der Waals surface area contributed by atoms with E-state index in [1.807, 2.05) is 13.8 Å². The zero-order valence-corrected chi connectivity index (χ0v) is 12.9. The molecule has 1 atom stereocenters. The molecule has 1 aromatic carbocycles. The van der Waals surface area contributed by atoms with Crippen molar-refractivity contribution in [2.24, 2.45) is 0 Å². The van der Waals surface area contributed by atoms with Gasteiger partial charge in [-0.25, -0.2) is 13.1 Å².